The summed E-state index contributed by atoms with van der Waals surface area (Å²) in [5.41, 5.74) is 2.43. The van der Waals surface area contributed by atoms with Gasteiger partial charge in [0.1, 0.15) is 0 Å². The van der Waals surface area contributed by atoms with Crippen molar-refractivity contribution in [1.82, 2.24) is 4.98 Å². The first-order valence-corrected chi connectivity index (χ1v) is 4.42. The molecule has 64 valence electrons. The Kier molecular flexibility index (Phi) is 3.06. The lowest BCUT2D eigenvalue weighted by Gasteiger charge is -1.90. The first kappa shape index (κ1) is 9.92. The SMILES string of the molecule is Cc1nc2c(C)cccc2s1.I. The van der Waals surface area contributed by atoms with Crippen LogP contribution in [0.1, 0.15) is 10.6 Å². The molecule has 3 heteroatoms. The molecule has 2 rings (SSSR count). The number of aromatic nitrogens is 1. The molecule has 0 N–H and O–H groups in total. The molecule has 0 fully saturated rings. The van der Waals surface area contributed by atoms with Crippen LogP contribution in [0, 0.1) is 13.8 Å². The zero-order valence-electron chi connectivity index (χ0n) is 7.00. The first-order valence-electron chi connectivity index (χ1n) is 3.60. The zero-order chi connectivity index (χ0) is 7.84. The Morgan fingerprint density at radius 1 is 1.25 bits per heavy atom. The minimum Gasteiger partial charge on any atom is -0.241 e. The largest absolute Gasteiger partial charge is 0.241 e. The van der Waals surface area contributed by atoms with Crippen molar-refractivity contribution in [3.63, 3.8) is 0 Å². The molecule has 12 heavy (non-hydrogen) atoms. The van der Waals surface area contributed by atoms with Crippen LogP contribution in [0.2, 0.25) is 0 Å². The summed E-state index contributed by atoms with van der Waals surface area (Å²) in [6, 6.07) is 6.30. The monoisotopic (exact) mass is 291 g/mol. The molecule has 1 heterocycles. The molecular formula is C9H10INS. The number of fused-ring (bicyclic) bond motifs is 1. The highest BCUT2D eigenvalue weighted by molar-refractivity contribution is 14.0. The molecule has 2 aromatic rings. The molecule has 0 aliphatic heterocycles. The van der Waals surface area contributed by atoms with Gasteiger partial charge in [0.15, 0.2) is 0 Å². The molecule has 0 spiro atoms. The number of hydrogen-bond acceptors (Lipinski definition) is 2. The summed E-state index contributed by atoms with van der Waals surface area (Å²) < 4.78 is 1.29. The van der Waals surface area contributed by atoms with Crippen molar-refractivity contribution in [2.45, 2.75) is 13.8 Å². The van der Waals surface area contributed by atoms with Crippen LogP contribution in [0.15, 0.2) is 18.2 Å². The summed E-state index contributed by atoms with van der Waals surface area (Å²) in [5, 5.41) is 1.15. The third-order valence-corrected chi connectivity index (χ3v) is 2.66. The van der Waals surface area contributed by atoms with Crippen molar-refractivity contribution in [2.75, 3.05) is 0 Å². The quantitative estimate of drug-likeness (QED) is 0.677. The van der Waals surface area contributed by atoms with Crippen LogP contribution in [0.4, 0.5) is 0 Å². The minimum absolute atomic E-state index is 0. The second-order valence-electron chi connectivity index (χ2n) is 2.65. The molecule has 0 saturated heterocycles. The molecule has 0 radical (unpaired) electrons. The standard InChI is InChI=1S/C9H9NS.HI/c1-6-4-3-5-8-9(6)10-7(2)11-8;/h3-5H,1-2H3;1H. The molecule has 0 saturated carbocycles. The summed E-state index contributed by atoms with van der Waals surface area (Å²) in [6.07, 6.45) is 0. The third-order valence-electron chi connectivity index (χ3n) is 1.73. The summed E-state index contributed by atoms with van der Waals surface area (Å²) in [4.78, 5) is 4.43. The van der Waals surface area contributed by atoms with E-state index in [1.807, 2.05) is 6.92 Å². The van der Waals surface area contributed by atoms with E-state index in [-0.39, 0.29) is 24.0 Å². The highest BCUT2D eigenvalue weighted by atomic mass is 127. The third kappa shape index (κ3) is 1.61. The van der Waals surface area contributed by atoms with E-state index < -0.39 is 0 Å². The number of halogens is 1. The average molecular weight is 291 g/mol. The Balaban J connectivity index is 0.000000720. The van der Waals surface area contributed by atoms with Gasteiger partial charge < -0.3 is 0 Å². The zero-order valence-corrected chi connectivity index (χ0v) is 10.1. The van der Waals surface area contributed by atoms with E-state index in [0.717, 1.165) is 10.5 Å². The van der Waals surface area contributed by atoms with Crippen LogP contribution >= 0.6 is 35.3 Å². The fourth-order valence-corrected chi connectivity index (χ4v) is 2.10. The first-order chi connectivity index (χ1) is 5.27. The number of para-hydroxylation sites is 1. The van der Waals surface area contributed by atoms with Gasteiger partial charge in [-0.05, 0) is 25.5 Å². The van der Waals surface area contributed by atoms with Gasteiger partial charge in [0.25, 0.3) is 0 Å². The molecule has 1 nitrogen and oxygen atoms in total. The van der Waals surface area contributed by atoms with Crippen molar-refractivity contribution in [2.24, 2.45) is 0 Å². The van der Waals surface area contributed by atoms with Crippen molar-refractivity contribution in [3.8, 4) is 0 Å². The van der Waals surface area contributed by atoms with Gasteiger partial charge in [-0.2, -0.15) is 0 Å². The molecule has 0 aliphatic carbocycles. The van der Waals surface area contributed by atoms with Gasteiger partial charge in [-0.1, -0.05) is 12.1 Å². The van der Waals surface area contributed by atoms with Crippen LogP contribution in [0.25, 0.3) is 10.2 Å². The molecule has 0 aliphatic rings. The van der Waals surface area contributed by atoms with E-state index >= 15 is 0 Å². The van der Waals surface area contributed by atoms with E-state index in [0.29, 0.717) is 0 Å². The summed E-state index contributed by atoms with van der Waals surface area (Å²) >= 11 is 1.76. The summed E-state index contributed by atoms with van der Waals surface area (Å²) in [6.45, 7) is 4.14. The second-order valence-corrected chi connectivity index (χ2v) is 3.89. The van der Waals surface area contributed by atoms with Crippen molar-refractivity contribution in [1.29, 1.82) is 0 Å². The van der Waals surface area contributed by atoms with Crippen LogP contribution in [0.3, 0.4) is 0 Å². The van der Waals surface area contributed by atoms with Gasteiger partial charge >= 0.3 is 0 Å². The Labute approximate surface area is 92.8 Å². The van der Waals surface area contributed by atoms with Crippen molar-refractivity contribution in [3.05, 3.63) is 28.8 Å². The lowest BCUT2D eigenvalue weighted by molar-refractivity contribution is 1.32. The predicted octanol–water partition coefficient (Wildman–Crippen LogP) is 3.53. The van der Waals surface area contributed by atoms with Crippen LogP contribution in [-0.2, 0) is 0 Å². The maximum atomic E-state index is 4.43. The van der Waals surface area contributed by atoms with Gasteiger partial charge in [0.05, 0.1) is 15.2 Å². The van der Waals surface area contributed by atoms with Crippen LogP contribution < -0.4 is 0 Å². The smallest absolute Gasteiger partial charge is 0.0907 e. The number of benzene rings is 1. The van der Waals surface area contributed by atoms with E-state index in [9.17, 15) is 0 Å². The van der Waals surface area contributed by atoms with Gasteiger partial charge in [0, 0.05) is 0 Å². The van der Waals surface area contributed by atoms with Gasteiger partial charge in [0.2, 0.25) is 0 Å². The molecule has 0 unspecified atom stereocenters. The minimum atomic E-state index is 0. The lowest BCUT2D eigenvalue weighted by atomic mass is 10.2. The molecule has 1 aromatic carbocycles. The number of hydrogen-bond donors (Lipinski definition) is 0. The van der Waals surface area contributed by atoms with Crippen LogP contribution in [0.5, 0.6) is 0 Å². The van der Waals surface area contributed by atoms with E-state index in [4.69, 9.17) is 0 Å². The van der Waals surface area contributed by atoms with Crippen LogP contribution in [-0.4, -0.2) is 4.98 Å². The lowest BCUT2D eigenvalue weighted by Crippen LogP contribution is -1.74. The van der Waals surface area contributed by atoms with Crippen molar-refractivity contribution < 1.29 is 0 Å². The fourth-order valence-electron chi connectivity index (χ4n) is 1.20. The molecule has 1 aromatic heterocycles. The molecule has 0 atom stereocenters. The Hall–Kier alpha value is -0.160. The average Bonchev–Trinajstić information content (AvgIpc) is 2.31. The van der Waals surface area contributed by atoms with Gasteiger partial charge in [-0.3, -0.25) is 0 Å². The van der Waals surface area contributed by atoms with Gasteiger partial charge in [-0.15, -0.1) is 35.3 Å². The van der Waals surface area contributed by atoms with E-state index in [1.165, 1.54) is 10.3 Å². The Morgan fingerprint density at radius 3 is 2.67 bits per heavy atom. The van der Waals surface area contributed by atoms with Gasteiger partial charge in [-0.25, -0.2) is 4.98 Å². The molecular weight excluding hydrogens is 281 g/mol. The molecule has 0 amide bonds. The normalized spacial score (nSPS) is 9.83. The summed E-state index contributed by atoms with van der Waals surface area (Å²) in [7, 11) is 0. The maximum absolute atomic E-state index is 4.43. The second kappa shape index (κ2) is 3.70. The topological polar surface area (TPSA) is 12.9 Å². The molecule has 0 bridgehead atoms. The number of aryl methyl sites for hydroxylation is 2. The number of thiazole rings is 1. The maximum Gasteiger partial charge on any atom is 0.0907 e. The Morgan fingerprint density at radius 2 is 2.00 bits per heavy atom. The fraction of sp³-hybridized carbons (Fsp3) is 0.222. The van der Waals surface area contributed by atoms with E-state index in [1.54, 1.807) is 11.3 Å². The number of nitrogens with zero attached hydrogens (tertiary/aromatic N) is 1. The summed E-state index contributed by atoms with van der Waals surface area (Å²) in [5.74, 6) is 0. The number of rotatable bonds is 0. The Bertz CT molecular complexity index is 394. The predicted molar refractivity (Wildman–Crippen MR) is 64.5 cm³/mol. The van der Waals surface area contributed by atoms with Crippen molar-refractivity contribution >= 4 is 45.5 Å². The highest BCUT2D eigenvalue weighted by Crippen LogP contribution is 2.23. The highest BCUT2D eigenvalue weighted by Gasteiger charge is 2.00. The van der Waals surface area contributed by atoms with E-state index in [2.05, 4.69) is 30.1 Å².